The van der Waals surface area contributed by atoms with Crippen LogP contribution in [0.15, 0.2) is 29.2 Å². The zero-order valence-corrected chi connectivity index (χ0v) is 13.3. The first-order valence-electron chi connectivity index (χ1n) is 7.91. The summed E-state index contributed by atoms with van der Waals surface area (Å²) in [7, 11) is 2.05. The molecule has 0 spiro atoms. The summed E-state index contributed by atoms with van der Waals surface area (Å²) in [6, 6.07) is 5.48. The Morgan fingerprint density at radius 3 is 3.09 bits per heavy atom. The molecular formula is C17H23N3O2. The van der Waals surface area contributed by atoms with Crippen LogP contribution in [0.1, 0.15) is 30.5 Å². The lowest BCUT2D eigenvalue weighted by molar-refractivity contribution is -0.00274. The maximum absolute atomic E-state index is 12.2. The molecule has 0 radical (unpaired) electrons. The molecule has 1 saturated heterocycles. The maximum Gasteiger partial charge on any atom is 0.258 e. The van der Waals surface area contributed by atoms with Crippen LogP contribution in [-0.4, -0.2) is 40.6 Å². The van der Waals surface area contributed by atoms with Crippen molar-refractivity contribution in [3.63, 3.8) is 0 Å². The number of rotatable bonds is 4. The van der Waals surface area contributed by atoms with Crippen LogP contribution in [0.4, 0.5) is 0 Å². The molecule has 1 aliphatic rings. The van der Waals surface area contributed by atoms with E-state index in [4.69, 9.17) is 4.74 Å². The molecule has 1 aliphatic heterocycles. The van der Waals surface area contributed by atoms with E-state index in [1.165, 1.54) is 12.8 Å². The minimum atomic E-state index is -0.0222. The SMILES string of the molecule is Cc1cccn2c(=O)cc(CN(C)C[C@H]3CCCCO3)nc12. The van der Waals surface area contributed by atoms with Gasteiger partial charge in [-0.1, -0.05) is 6.07 Å². The van der Waals surface area contributed by atoms with Crippen molar-refractivity contribution in [2.75, 3.05) is 20.2 Å². The second-order valence-corrected chi connectivity index (χ2v) is 6.16. The summed E-state index contributed by atoms with van der Waals surface area (Å²) in [6.45, 7) is 4.40. The summed E-state index contributed by atoms with van der Waals surface area (Å²) in [5.41, 5.74) is 2.55. The van der Waals surface area contributed by atoms with Gasteiger partial charge in [0.1, 0.15) is 5.65 Å². The van der Waals surface area contributed by atoms with Gasteiger partial charge in [-0.05, 0) is 44.9 Å². The van der Waals surface area contributed by atoms with Gasteiger partial charge in [0.25, 0.3) is 5.56 Å². The summed E-state index contributed by atoms with van der Waals surface area (Å²) in [5, 5.41) is 0. The van der Waals surface area contributed by atoms with Gasteiger partial charge >= 0.3 is 0 Å². The smallest absolute Gasteiger partial charge is 0.258 e. The highest BCUT2D eigenvalue weighted by Crippen LogP contribution is 2.14. The lowest BCUT2D eigenvalue weighted by atomic mass is 10.1. The van der Waals surface area contributed by atoms with E-state index in [-0.39, 0.29) is 5.56 Å². The lowest BCUT2D eigenvalue weighted by Gasteiger charge is -2.27. The van der Waals surface area contributed by atoms with Crippen molar-refractivity contribution in [3.05, 3.63) is 46.0 Å². The van der Waals surface area contributed by atoms with Crippen molar-refractivity contribution >= 4 is 5.65 Å². The topological polar surface area (TPSA) is 46.8 Å². The number of nitrogens with zero attached hydrogens (tertiary/aromatic N) is 3. The molecule has 3 heterocycles. The van der Waals surface area contributed by atoms with Crippen molar-refractivity contribution in [2.24, 2.45) is 0 Å². The average molecular weight is 301 g/mol. The Bertz CT molecular complexity index is 705. The first-order valence-corrected chi connectivity index (χ1v) is 7.91. The number of pyridine rings is 1. The Morgan fingerprint density at radius 1 is 1.45 bits per heavy atom. The molecule has 0 bridgehead atoms. The molecule has 0 saturated carbocycles. The Morgan fingerprint density at radius 2 is 2.32 bits per heavy atom. The highest BCUT2D eigenvalue weighted by molar-refractivity contribution is 5.46. The molecule has 0 aliphatic carbocycles. The molecule has 2 aromatic rings. The van der Waals surface area contributed by atoms with Gasteiger partial charge in [-0.2, -0.15) is 0 Å². The molecule has 0 unspecified atom stereocenters. The van der Waals surface area contributed by atoms with Gasteiger partial charge in [-0.3, -0.25) is 14.1 Å². The number of fused-ring (bicyclic) bond motifs is 1. The number of aryl methyl sites for hydroxylation is 1. The van der Waals surface area contributed by atoms with Crippen LogP contribution >= 0.6 is 0 Å². The van der Waals surface area contributed by atoms with Crippen LogP contribution in [0.5, 0.6) is 0 Å². The molecule has 2 aromatic heterocycles. The second kappa shape index (κ2) is 6.58. The minimum Gasteiger partial charge on any atom is -0.377 e. The zero-order valence-electron chi connectivity index (χ0n) is 13.3. The van der Waals surface area contributed by atoms with E-state index in [1.54, 1.807) is 16.7 Å². The highest BCUT2D eigenvalue weighted by atomic mass is 16.5. The van der Waals surface area contributed by atoms with E-state index in [0.717, 1.165) is 36.5 Å². The third kappa shape index (κ3) is 3.36. The quantitative estimate of drug-likeness (QED) is 0.866. The first-order chi connectivity index (χ1) is 10.6. The van der Waals surface area contributed by atoms with Gasteiger partial charge in [0, 0.05) is 32.0 Å². The van der Waals surface area contributed by atoms with Crippen molar-refractivity contribution in [1.82, 2.24) is 14.3 Å². The molecule has 0 aromatic carbocycles. The molecule has 0 amide bonds. The molecule has 1 fully saturated rings. The van der Waals surface area contributed by atoms with E-state index in [9.17, 15) is 4.79 Å². The van der Waals surface area contributed by atoms with Crippen LogP contribution in [0.25, 0.3) is 5.65 Å². The fraction of sp³-hybridized carbons (Fsp3) is 0.529. The number of aromatic nitrogens is 2. The standard InChI is InChI=1S/C17H23N3O2/c1-13-6-5-8-20-16(21)10-14(18-17(13)20)11-19(2)12-15-7-3-4-9-22-15/h5-6,8,10,15H,3-4,7,9,11-12H2,1-2H3/t15-/m1/s1. The van der Waals surface area contributed by atoms with Crippen LogP contribution in [0, 0.1) is 6.92 Å². The Kier molecular flexibility index (Phi) is 4.55. The Labute approximate surface area is 130 Å². The molecule has 118 valence electrons. The molecule has 5 heteroatoms. The van der Waals surface area contributed by atoms with Gasteiger partial charge in [0.05, 0.1) is 11.8 Å². The molecule has 22 heavy (non-hydrogen) atoms. The Balaban J connectivity index is 1.75. The number of ether oxygens (including phenoxy) is 1. The van der Waals surface area contributed by atoms with E-state index in [1.807, 2.05) is 19.1 Å². The van der Waals surface area contributed by atoms with Gasteiger partial charge in [0.2, 0.25) is 0 Å². The monoisotopic (exact) mass is 301 g/mol. The molecule has 0 N–H and O–H groups in total. The van der Waals surface area contributed by atoms with Gasteiger partial charge in [-0.25, -0.2) is 4.98 Å². The fourth-order valence-electron chi connectivity index (χ4n) is 3.03. The predicted octanol–water partition coefficient (Wildman–Crippen LogP) is 2.00. The fourth-order valence-corrected chi connectivity index (χ4v) is 3.03. The van der Waals surface area contributed by atoms with E-state index in [2.05, 4.69) is 16.9 Å². The highest BCUT2D eigenvalue weighted by Gasteiger charge is 2.16. The summed E-state index contributed by atoms with van der Waals surface area (Å²) in [4.78, 5) is 19.0. The second-order valence-electron chi connectivity index (χ2n) is 6.16. The molecule has 3 rings (SSSR count). The number of hydrogen-bond donors (Lipinski definition) is 0. The van der Waals surface area contributed by atoms with Crippen LogP contribution in [-0.2, 0) is 11.3 Å². The summed E-state index contributed by atoms with van der Waals surface area (Å²) >= 11 is 0. The zero-order chi connectivity index (χ0) is 15.5. The normalized spacial score (nSPS) is 19.0. The van der Waals surface area contributed by atoms with E-state index in [0.29, 0.717) is 12.6 Å². The van der Waals surface area contributed by atoms with Crippen LogP contribution < -0.4 is 5.56 Å². The van der Waals surface area contributed by atoms with Gasteiger partial charge < -0.3 is 4.74 Å². The van der Waals surface area contributed by atoms with Crippen molar-refractivity contribution in [2.45, 2.75) is 38.8 Å². The van der Waals surface area contributed by atoms with Crippen molar-refractivity contribution in [3.8, 4) is 0 Å². The molecule has 5 nitrogen and oxygen atoms in total. The summed E-state index contributed by atoms with van der Waals surface area (Å²) in [6.07, 6.45) is 5.61. The van der Waals surface area contributed by atoms with Crippen molar-refractivity contribution < 1.29 is 4.74 Å². The largest absolute Gasteiger partial charge is 0.377 e. The summed E-state index contributed by atoms with van der Waals surface area (Å²) in [5.74, 6) is 0. The van der Waals surface area contributed by atoms with E-state index < -0.39 is 0 Å². The number of likely N-dealkylation sites (N-methyl/N-ethyl adjacent to an activating group) is 1. The van der Waals surface area contributed by atoms with Crippen LogP contribution in [0.2, 0.25) is 0 Å². The molecular weight excluding hydrogens is 278 g/mol. The van der Waals surface area contributed by atoms with Gasteiger partial charge in [0.15, 0.2) is 0 Å². The van der Waals surface area contributed by atoms with E-state index >= 15 is 0 Å². The third-order valence-electron chi connectivity index (χ3n) is 4.16. The number of hydrogen-bond acceptors (Lipinski definition) is 4. The van der Waals surface area contributed by atoms with Crippen LogP contribution in [0.3, 0.4) is 0 Å². The maximum atomic E-state index is 12.2. The van der Waals surface area contributed by atoms with Gasteiger partial charge in [-0.15, -0.1) is 0 Å². The minimum absolute atomic E-state index is 0.0222. The first kappa shape index (κ1) is 15.2. The predicted molar refractivity (Wildman–Crippen MR) is 86.1 cm³/mol. The Hall–Kier alpha value is -1.72. The lowest BCUT2D eigenvalue weighted by Crippen LogP contribution is -2.33. The third-order valence-corrected chi connectivity index (χ3v) is 4.16. The average Bonchev–Trinajstić information content (AvgIpc) is 2.49. The van der Waals surface area contributed by atoms with Crippen molar-refractivity contribution in [1.29, 1.82) is 0 Å². The summed E-state index contributed by atoms with van der Waals surface area (Å²) < 4.78 is 7.37. The molecule has 1 atom stereocenters.